The number of carbonyl (C=O) groups excluding carboxylic acids is 1. The smallest absolute Gasteiger partial charge is 0.346 e. The van der Waals surface area contributed by atoms with E-state index < -0.39 is 17.9 Å². The van der Waals surface area contributed by atoms with Gasteiger partial charge in [0.15, 0.2) is 0 Å². The lowest BCUT2D eigenvalue weighted by Crippen LogP contribution is -2.55. The van der Waals surface area contributed by atoms with Crippen LogP contribution in [0, 0.1) is 0 Å². The van der Waals surface area contributed by atoms with E-state index in [0.717, 1.165) is 41.3 Å². The molecule has 2 aliphatic rings. The second-order valence-corrected chi connectivity index (χ2v) is 9.04. The van der Waals surface area contributed by atoms with Crippen molar-refractivity contribution >= 4 is 16.9 Å². The Bertz CT molecular complexity index is 1400. The van der Waals surface area contributed by atoms with Gasteiger partial charge < -0.3 is 9.88 Å². The number of halogens is 3. The number of aromatic amines is 1. The first kappa shape index (κ1) is 22.6. The first-order valence-corrected chi connectivity index (χ1v) is 11.6. The van der Waals surface area contributed by atoms with Crippen LogP contribution in [0.15, 0.2) is 43.2 Å². The lowest BCUT2D eigenvalue weighted by atomic mass is 9.85. The van der Waals surface area contributed by atoms with Gasteiger partial charge in [-0.15, -0.1) is 0 Å². The van der Waals surface area contributed by atoms with Crippen LogP contribution in [0.25, 0.3) is 22.3 Å². The molecular weight excluding hydrogens is 475 g/mol. The van der Waals surface area contributed by atoms with Gasteiger partial charge in [0, 0.05) is 61.8 Å². The SMILES string of the molecule is O=C(c1ccnc(C(F)(F)F)n1)N1CCN(C2CC(n3cc(-c4ncnc5[nH]ccc45)cn3)C2)CC1. The molecule has 10 nitrogen and oxygen atoms in total. The molecule has 36 heavy (non-hydrogen) atoms. The summed E-state index contributed by atoms with van der Waals surface area (Å²) in [6.07, 6.45) is 5.39. The van der Waals surface area contributed by atoms with E-state index in [2.05, 4.69) is 34.9 Å². The molecule has 0 aromatic carbocycles. The summed E-state index contributed by atoms with van der Waals surface area (Å²) < 4.78 is 40.6. The van der Waals surface area contributed by atoms with Crippen molar-refractivity contribution < 1.29 is 18.0 Å². The van der Waals surface area contributed by atoms with Gasteiger partial charge in [-0.05, 0) is 25.0 Å². The van der Waals surface area contributed by atoms with Gasteiger partial charge in [-0.1, -0.05) is 0 Å². The molecule has 1 aliphatic heterocycles. The molecule has 1 N–H and O–H groups in total. The van der Waals surface area contributed by atoms with E-state index in [4.69, 9.17) is 0 Å². The quantitative estimate of drug-likeness (QED) is 0.462. The zero-order chi connectivity index (χ0) is 24.9. The van der Waals surface area contributed by atoms with Crippen LogP contribution in [0.3, 0.4) is 0 Å². The number of hydrogen-bond acceptors (Lipinski definition) is 7. The molecule has 4 aromatic heterocycles. The van der Waals surface area contributed by atoms with Gasteiger partial charge in [-0.25, -0.2) is 19.9 Å². The molecule has 1 saturated heterocycles. The number of H-pyrrole nitrogens is 1. The Morgan fingerprint density at radius 2 is 1.83 bits per heavy atom. The van der Waals surface area contributed by atoms with Crippen molar-refractivity contribution in [2.75, 3.05) is 26.2 Å². The van der Waals surface area contributed by atoms with E-state index in [9.17, 15) is 18.0 Å². The van der Waals surface area contributed by atoms with Gasteiger partial charge in [0.05, 0.1) is 17.9 Å². The van der Waals surface area contributed by atoms with E-state index in [1.165, 1.54) is 12.4 Å². The third-order valence-electron chi connectivity index (χ3n) is 6.94. The molecule has 4 aromatic rings. The van der Waals surface area contributed by atoms with Crippen LogP contribution in [0.5, 0.6) is 0 Å². The maximum atomic E-state index is 12.9. The molecule has 2 fully saturated rings. The third-order valence-corrected chi connectivity index (χ3v) is 6.94. The summed E-state index contributed by atoms with van der Waals surface area (Å²) in [5.74, 6) is -1.80. The van der Waals surface area contributed by atoms with Crippen LogP contribution in [0.1, 0.15) is 35.2 Å². The van der Waals surface area contributed by atoms with Gasteiger partial charge in [0.2, 0.25) is 5.82 Å². The van der Waals surface area contributed by atoms with E-state index >= 15 is 0 Å². The highest BCUT2D eigenvalue weighted by Gasteiger charge is 2.38. The molecule has 1 aliphatic carbocycles. The maximum Gasteiger partial charge on any atom is 0.451 e. The molecule has 1 amide bonds. The number of hydrogen-bond donors (Lipinski definition) is 1. The Kier molecular flexibility index (Phi) is 5.43. The van der Waals surface area contributed by atoms with Gasteiger partial charge in [-0.3, -0.25) is 14.4 Å². The van der Waals surface area contributed by atoms with Gasteiger partial charge in [-0.2, -0.15) is 18.3 Å². The second kappa shape index (κ2) is 8.66. The Hall–Kier alpha value is -3.87. The number of carbonyl (C=O) groups is 1. The van der Waals surface area contributed by atoms with Crippen LogP contribution in [-0.2, 0) is 6.18 Å². The average Bonchev–Trinajstić information content (AvgIpc) is 3.53. The van der Waals surface area contributed by atoms with Crippen molar-refractivity contribution in [1.82, 2.24) is 44.5 Å². The van der Waals surface area contributed by atoms with E-state index in [1.807, 2.05) is 29.3 Å². The van der Waals surface area contributed by atoms with Gasteiger partial charge in [0.1, 0.15) is 17.7 Å². The van der Waals surface area contributed by atoms with Crippen LogP contribution < -0.4 is 0 Å². The number of nitrogens with one attached hydrogen (secondary N) is 1. The molecule has 0 atom stereocenters. The average molecular weight is 497 g/mol. The van der Waals surface area contributed by atoms with E-state index in [-0.39, 0.29) is 11.7 Å². The lowest BCUT2D eigenvalue weighted by molar-refractivity contribution is -0.145. The van der Waals surface area contributed by atoms with E-state index in [0.29, 0.717) is 32.2 Å². The Labute approximate surface area is 203 Å². The maximum absolute atomic E-state index is 12.9. The highest BCUT2D eigenvalue weighted by Crippen LogP contribution is 2.37. The minimum atomic E-state index is -4.69. The first-order chi connectivity index (χ1) is 17.4. The predicted molar refractivity (Wildman–Crippen MR) is 122 cm³/mol. The summed E-state index contributed by atoms with van der Waals surface area (Å²) in [6.45, 7) is 2.21. The summed E-state index contributed by atoms with van der Waals surface area (Å²) in [7, 11) is 0. The van der Waals surface area contributed by atoms with Gasteiger partial charge in [0.25, 0.3) is 5.91 Å². The number of nitrogens with zero attached hydrogens (tertiary/aromatic N) is 8. The number of amides is 1. The third kappa shape index (κ3) is 4.08. The van der Waals surface area contributed by atoms with Crippen LogP contribution in [0.4, 0.5) is 13.2 Å². The summed E-state index contributed by atoms with van der Waals surface area (Å²) in [5.41, 5.74) is 2.34. The van der Waals surface area contributed by atoms with Crippen molar-refractivity contribution in [3.63, 3.8) is 0 Å². The number of alkyl halides is 3. The number of rotatable bonds is 4. The van der Waals surface area contributed by atoms with Crippen LogP contribution in [-0.4, -0.2) is 82.6 Å². The first-order valence-electron chi connectivity index (χ1n) is 11.6. The van der Waals surface area contributed by atoms with E-state index in [1.54, 1.807) is 4.90 Å². The topological polar surface area (TPSA) is 109 Å². The van der Waals surface area contributed by atoms with Crippen molar-refractivity contribution in [1.29, 1.82) is 0 Å². The van der Waals surface area contributed by atoms with Crippen molar-refractivity contribution in [2.24, 2.45) is 0 Å². The largest absolute Gasteiger partial charge is 0.451 e. The molecule has 0 radical (unpaired) electrons. The highest BCUT2D eigenvalue weighted by atomic mass is 19.4. The summed E-state index contributed by atoms with van der Waals surface area (Å²) in [6, 6.07) is 3.84. The number of aromatic nitrogens is 7. The zero-order valence-corrected chi connectivity index (χ0v) is 19.1. The summed E-state index contributed by atoms with van der Waals surface area (Å²) in [4.78, 5) is 35.0. The van der Waals surface area contributed by atoms with Crippen LogP contribution >= 0.6 is 0 Å². The fourth-order valence-electron chi connectivity index (χ4n) is 4.90. The molecule has 0 bridgehead atoms. The minimum absolute atomic E-state index is 0.232. The molecule has 1 saturated carbocycles. The standard InChI is InChI=1S/C23H22F3N9O/c24-23(25,26)22-28-4-2-18(32-22)21(36)34-7-5-33(6-8-34)15-9-16(10-15)35-12-14(11-31-35)19-17-1-3-27-20(17)30-13-29-19/h1-4,11-13,15-16H,5-10H2,(H,27,29,30). The monoisotopic (exact) mass is 497 g/mol. The fourth-order valence-corrected chi connectivity index (χ4v) is 4.90. The van der Waals surface area contributed by atoms with Crippen LogP contribution in [0.2, 0.25) is 0 Å². The van der Waals surface area contributed by atoms with Crippen molar-refractivity contribution in [3.05, 3.63) is 54.8 Å². The summed E-state index contributed by atoms with van der Waals surface area (Å²) >= 11 is 0. The minimum Gasteiger partial charge on any atom is -0.346 e. The highest BCUT2D eigenvalue weighted by molar-refractivity contribution is 5.92. The summed E-state index contributed by atoms with van der Waals surface area (Å²) in [5, 5.41) is 5.51. The predicted octanol–water partition coefficient (Wildman–Crippen LogP) is 2.79. The fraction of sp³-hybridized carbons (Fsp3) is 0.391. The number of piperazine rings is 1. The molecule has 5 heterocycles. The van der Waals surface area contributed by atoms with Crippen molar-refractivity contribution in [2.45, 2.75) is 31.1 Å². The Morgan fingerprint density at radius 3 is 2.61 bits per heavy atom. The zero-order valence-electron chi connectivity index (χ0n) is 19.1. The van der Waals surface area contributed by atoms with Crippen molar-refractivity contribution in [3.8, 4) is 11.3 Å². The Balaban J connectivity index is 1.04. The molecule has 0 spiro atoms. The number of fused-ring (bicyclic) bond motifs is 1. The lowest BCUT2D eigenvalue weighted by Gasteiger charge is -2.46. The molecule has 13 heteroatoms. The normalized spacial score (nSPS) is 21.0. The molecule has 6 rings (SSSR count). The Morgan fingerprint density at radius 1 is 1.03 bits per heavy atom. The molecule has 0 unspecified atom stereocenters. The molecule has 186 valence electrons. The van der Waals surface area contributed by atoms with Gasteiger partial charge >= 0.3 is 6.18 Å². The molecular formula is C23H22F3N9O. The second-order valence-electron chi connectivity index (χ2n) is 9.04.